The number of carbonyl (C=O) groups excluding carboxylic acids is 2. The highest BCUT2D eigenvalue weighted by molar-refractivity contribution is 5.77. The van der Waals surface area contributed by atoms with Crippen molar-refractivity contribution < 1.29 is 14.3 Å². The van der Waals surface area contributed by atoms with Crippen molar-refractivity contribution in [3.63, 3.8) is 0 Å². The average molecular weight is 430 g/mol. The molecule has 0 saturated heterocycles. The Hall–Kier alpha value is -2.20. The van der Waals surface area contributed by atoms with Gasteiger partial charge in [0.15, 0.2) is 0 Å². The van der Waals surface area contributed by atoms with Gasteiger partial charge in [0.25, 0.3) is 0 Å². The molecule has 0 saturated carbocycles. The van der Waals surface area contributed by atoms with Gasteiger partial charge >= 0.3 is 5.97 Å². The minimum Gasteiger partial charge on any atom is -0.464 e. The van der Waals surface area contributed by atoms with Crippen molar-refractivity contribution >= 4 is 11.8 Å². The van der Waals surface area contributed by atoms with Gasteiger partial charge in [-0.15, -0.1) is 0 Å². The summed E-state index contributed by atoms with van der Waals surface area (Å²) in [6.07, 6.45) is 28.9. The first kappa shape index (κ1) is 28.8. The fourth-order valence-corrected chi connectivity index (χ4v) is 2.76. The molecule has 4 nitrogen and oxygen atoms in total. The Morgan fingerprint density at radius 2 is 1.29 bits per heavy atom. The maximum absolute atomic E-state index is 11.7. The molecule has 0 spiro atoms. The van der Waals surface area contributed by atoms with Crippen molar-refractivity contribution in [1.29, 1.82) is 0 Å². The first-order chi connectivity index (χ1) is 15.1. The molecule has 0 aromatic carbocycles. The predicted molar refractivity (Wildman–Crippen MR) is 132 cm³/mol. The number of likely N-dealkylation sites (N-methyl/N-ethyl adjacent to an activating group) is 1. The van der Waals surface area contributed by atoms with E-state index in [0.717, 1.165) is 51.5 Å². The van der Waals surface area contributed by atoms with Crippen LogP contribution in [0.15, 0.2) is 60.8 Å². The lowest BCUT2D eigenvalue weighted by Crippen LogP contribution is -2.32. The van der Waals surface area contributed by atoms with Crippen molar-refractivity contribution in [3.05, 3.63) is 60.8 Å². The third kappa shape index (κ3) is 22.3. The summed E-state index contributed by atoms with van der Waals surface area (Å²) in [5.41, 5.74) is 0. The van der Waals surface area contributed by atoms with Gasteiger partial charge in [0.05, 0.1) is 6.54 Å². The molecule has 0 N–H and O–H groups in total. The monoisotopic (exact) mass is 429 g/mol. The number of esters is 1. The number of carbonyl (C=O) groups is 2. The molecule has 0 aromatic rings. The van der Waals surface area contributed by atoms with Crippen molar-refractivity contribution in [1.82, 2.24) is 4.90 Å². The molecule has 0 bridgehead atoms. The van der Waals surface area contributed by atoms with Crippen LogP contribution in [-0.2, 0) is 14.3 Å². The molecule has 0 radical (unpaired) electrons. The van der Waals surface area contributed by atoms with Crippen LogP contribution in [0.1, 0.15) is 72.1 Å². The highest BCUT2D eigenvalue weighted by atomic mass is 16.5. The van der Waals surface area contributed by atoms with E-state index in [0.29, 0.717) is 26.1 Å². The molecule has 0 amide bonds. The second-order valence-corrected chi connectivity index (χ2v) is 7.39. The van der Waals surface area contributed by atoms with Crippen LogP contribution in [0.3, 0.4) is 0 Å². The standard InChI is InChI=1S/C27H43NO3/c1-4-6-7-8-9-10-11-12-13-14-15-16-17-18-19-20-21-22-27(30)31-24-23-28(5-2)25-26(3)29/h6-7,9-10,12-13,15-16,18-19H,4-5,8,11,14,17,20-25H2,1-3H3/b7-6-,10-9-,13-12-,16-15-,19-18-. The van der Waals surface area contributed by atoms with E-state index >= 15 is 0 Å². The average Bonchev–Trinajstić information content (AvgIpc) is 2.74. The summed E-state index contributed by atoms with van der Waals surface area (Å²) in [5, 5.41) is 0. The molecule has 0 aromatic heterocycles. The zero-order chi connectivity index (χ0) is 23.0. The van der Waals surface area contributed by atoms with Crippen LogP contribution in [0.4, 0.5) is 0 Å². The first-order valence-corrected chi connectivity index (χ1v) is 11.7. The molecule has 0 aliphatic heterocycles. The van der Waals surface area contributed by atoms with E-state index < -0.39 is 0 Å². The minimum absolute atomic E-state index is 0.130. The Morgan fingerprint density at radius 1 is 0.774 bits per heavy atom. The quantitative estimate of drug-likeness (QED) is 0.136. The van der Waals surface area contributed by atoms with E-state index in [4.69, 9.17) is 4.74 Å². The zero-order valence-corrected chi connectivity index (χ0v) is 19.9. The zero-order valence-electron chi connectivity index (χ0n) is 19.9. The lowest BCUT2D eigenvalue weighted by molar-refractivity contribution is -0.144. The fourth-order valence-electron chi connectivity index (χ4n) is 2.76. The van der Waals surface area contributed by atoms with Gasteiger partial charge in [-0.2, -0.15) is 0 Å². The molecule has 0 fully saturated rings. The van der Waals surface area contributed by atoms with E-state index in [9.17, 15) is 9.59 Å². The largest absolute Gasteiger partial charge is 0.464 e. The van der Waals surface area contributed by atoms with Crippen LogP contribution in [0.5, 0.6) is 0 Å². The van der Waals surface area contributed by atoms with Gasteiger partial charge in [-0.25, -0.2) is 0 Å². The normalized spacial score (nSPS) is 12.5. The number of unbranched alkanes of at least 4 members (excludes halogenated alkanes) is 1. The third-order valence-corrected chi connectivity index (χ3v) is 4.47. The maximum atomic E-state index is 11.7. The number of hydrogen-bond donors (Lipinski definition) is 0. The van der Waals surface area contributed by atoms with Crippen LogP contribution in [0, 0.1) is 0 Å². The van der Waals surface area contributed by atoms with Crippen LogP contribution in [0.2, 0.25) is 0 Å². The highest BCUT2D eigenvalue weighted by Crippen LogP contribution is 2.01. The smallest absolute Gasteiger partial charge is 0.305 e. The number of ketones is 1. The molecule has 0 heterocycles. The second kappa shape index (κ2) is 22.5. The molecule has 4 heteroatoms. The lowest BCUT2D eigenvalue weighted by atomic mass is 10.2. The SMILES string of the molecule is CC/C=C\C/C=C\C/C=C\C/C=C\C/C=C\CCCC(=O)OCCN(CC)CC(C)=O. The maximum Gasteiger partial charge on any atom is 0.305 e. The van der Waals surface area contributed by atoms with Gasteiger partial charge < -0.3 is 4.74 Å². The summed E-state index contributed by atoms with van der Waals surface area (Å²) in [6, 6.07) is 0. The fraction of sp³-hybridized carbons (Fsp3) is 0.556. The summed E-state index contributed by atoms with van der Waals surface area (Å²) in [4.78, 5) is 24.8. The Kier molecular flexibility index (Phi) is 20.9. The van der Waals surface area contributed by atoms with Gasteiger partial charge in [0, 0.05) is 13.0 Å². The van der Waals surface area contributed by atoms with Crippen LogP contribution in [0.25, 0.3) is 0 Å². The molecule has 0 atom stereocenters. The summed E-state index contributed by atoms with van der Waals surface area (Å²) in [7, 11) is 0. The van der Waals surface area contributed by atoms with Gasteiger partial charge in [-0.1, -0.05) is 74.6 Å². The van der Waals surface area contributed by atoms with E-state index in [1.54, 1.807) is 6.92 Å². The van der Waals surface area contributed by atoms with Crippen molar-refractivity contribution in [3.8, 4) is 0 Å². The van der Waals surface area contributed by atoms with Crippen LogP contribution in [-0.4, -0.2) is 42.9 Å². The molecule has 0 aliphatic carbocycles. The Morgan fingerprint density at radius 3 is 1.77 bits per heavy atom. The summed E-state index contributed by atoms with van der Waals surface area (Å²) in [6.45, 7) is 7.87. The summed E-state index contributed by atoms with van der Waals surface area (Å²) < 4.78 is 5.24. The molecule has 174 valence electrons. The van der Waals surface area contributed by atoms with Gasteiger partial charge in [0.2, 0.25) is 0 Å². The number of nitrogens with zero attached hydrogens (tertiary/aromatic N) is 1. The van der Waals surface area contributed by atoms with Crippen molar-refractivity contribution in [2.45, 2.75) is 72.1 Å². The lowest BCUT2D eigenvalue weighted by Gasteiger charge is -2.18. The molecule has 0 aliphatic rings. The Labute approximate surface area is 190 Å². The topological polar surface area (TPSA) is 46.6 Å². The summed E-state index contributed by atoms with van der Waals surface area (Å²) >= 11 is 0. The highest BCUT2D eigenvalue weighted by Gasteiger charge is 2.07. The van der Waals surface area contributed by atoms with Crippen molar-refractivity contribution in [2.24, 2.45) is 0 Å². The molecular formula is C27H43NO3. The van der Waals surface area contributed by atoms with E-state index in [2.05, 4.69) is 67.7 Å². The number of hydrogen-bond acceptors (Lipinski definition) is 4. The molecule has 0 unspecified atom stereocenters. The Bertz CT molecular complexity index is 600. The first-order valence-electron chi connectivity index (χ1n) is 11.7. The molecular weight excluding hydrogens is 386 g/mol. The third-order valence-electron chi connectivity index (χ3n) is 4.47. The predicted octanol–water partition coefficient (Wildman–Crippen LogP) is 6.36. The minimum atomic E-state index is -0.161. The molecule has 31 heavy (non-hydrogen) atoms. The van der Waals surface area contributed by atoms with Gasteiger partial charge in [-0.05, 0) is 58.4 Å². The Balaban J connectivity index is 3.63. The van der Waals surface area contributed by atoms with Crippen LogP contribution < -0.4 is 0 Å². The van der Waals surface area contributed by atoms with E-state index in [1.165, 1.54) is 0 Å². The second-order valence-electron chi connectivity index (χ2n) is 7.39. The number of Topliss-reactive ketones (excluding diaryl/α,β-unsaturated/α-hetero) is 1. The van der Waals surface area contributed by atoms with E-state index in [-0.39, 0.29) is 11.8 Å². The number of allylic oxidation sites excluding steroid dienone is 10. The molecule has 0 rings (SSSR count). The number of rotatable bonds is 19. The summed E-state index contributed by atoms with van der Waals surface area (Å²) in [5.74, 6) is -0.0310. The van der Waals surface area contributed by atoms with Gasteiger partial charge in [0.1, 0.15) is 12.4 Å². The number of ether oxygens (including phenoxy) is 1. The van der Waals surface area contributed by atoms with Crippen molar-refractivity contribution in [2.75, 3.05) is 26.2 Å². The van der Waals surface area contributed by atoms with Crippen LogP contribution >= 0.6 is 0 Å². The van der Waals surface area contributed by atoms with Gasteiger partial charge in [-0.3, -0.25) is 14.5 Å². The van der Waals surface area contributed by atoms with E-state index in [1.807, 2.05) is 11.8 Å².